The van der Waals surface area contributed by atoms with Gasteiger partial charge in [-0.25, -0.2) is 0 Å². The average Bonchev–Trinajstić information content (AvgIpc) is 2.53. The molecule has 0 aromatic carbocycles. The van der Waals surface area contributed by atoms with Crippen molar-refractivity contribution < 1.29 is 14.9 Å². The Morgan fingerprint density at radius 2 is 2.00 bits per heavy atom. The van der Waals surface area contributed by atoms with Crippen LogP contribution in [0.5, 0.6) is 0 Å². The molecule has 0 unspecified atom stereocenters. The van der Waals surface area contributed by atoms with Gasteiger partial charge in [-0.1, -0.05) is 6.42 Å². The molecule has 4 rings (SSSR count). The van der Waals surface area contributed by atoms with E-state index in [1.807, 2.05) is 0 Å². The Kier molecular flexibility index (Phi) is 3.94. The van der Waals surface area contributed by atoms with Crippen LogP contribution in [-0.2, 0) is 17.8 Å². The maximum absolute atomic E-state index is 10.7. The summed E-state index contributed by atoms with van der Waals surface area (Å²) < 4.78 is 5.48. The molecule has 23 heavy (non-hydrogen) atoms. The Hall–Kier alpha value is -0.970. The molecule has 2 heterocycles. The van der Waals surface area contributed by atoms with Crippen molar-refractivity contribution in [1.82, 2.24) is 4.98 Å². The van der Waals surface area contributed by atoms with Crippen LogP contribution in [0.2, 0.25) is 0 Å². The van der Waals surface area contributed by atoms with Crippen LogP contribution in [0.1, 0.15) is 78.6 Å². The zero-order chi connectivity index (χ0) is 16.0. The van der Waals surface area contributed by atoms with Gasteiger partial charge < -0.3 is 14.9 Å². The van der Waals surface area contributed by atoms with E-state index in [0.717, 1.165) is 67.0 Å². The molecule has 1 aliphatic heterocycles. The molecule has 1 spiro atoms. The highest BCUT2D eigenvalue weighted by Crippen LogP contribution is 2.54. The molecule has 4 heteroatoms. The first kappa shape index (κ1) is 15.6. The second-order valence-corrected chi connectivity index (χ2v) is 7.76. The second-order valence-electron chi connectivity index (χ2n) is 7.76. The Balaban J connectivity index is 1.78. The molecular formula is C19H27NO3. The molecule has 2 fully saturated rings. The number of aliphatic hydroxyl groups excluding tert-OH is 2. The summed E-state index contributed by atoms with van der Waals surface area (Å²) in [6, 6.07) is 0. The Labute approximate surface area is 137 Å². The van der Waals surface area contributed by atoms with Gasteiger partial charge in [0.1, 0.15) is 0 Å². The van der Waals surface area contributed by atoms with Crippen molar-refractivity contribution in [3.05, 3.63) is 28.1 Å². The fraction of sp³-hybridized carbons (Fsp3) is 0.737. The number of hydrogen-bond donors (Lipinski definition) is 2. The smallest absolute Gasteiger partial charge is 0.0815 e. The first-order valence-electron chi connectivity index (χ1n) is 9.02. The number of ether oxygens (including phenoxy) is 1. The summed E-state index contributed by atoms with van der Waals surface area (Å²) in [6.45, 7) is 3.62. The van der Waals surface area contributed by atoms with Crippen LogP contribution in [0.15, 0.2) is 0 Å². The molecule has 1 atom stereocenters. The van der Waals surface area contributed by atoms with Crippen LogP contribution in [0, 0.1) is 12.3 Å². The molecule has 1 aromatic heterocycles. The number of rotatable bonds is 2. The van der Waals surface area contributed by atoms with Gasteiger partial charge in [-0.3, -0.25) is 4.98 Å². The fourth-order valence-corrected chi connectivity index (χ4v) is 4.93. The summed E-state index contributed by atoms with van der Waals surface area (Å²) in [4.78, 5) is 5.02. The lowest BCUT2D eigenvalue weighted by Crippen LogP contribution is -2.38. The minimum Gasteiger partial charge on any atom is -0.392 e. The third-order valence-electron chi connectivity index (χ3n) is 6.41. The van der Waals surface area contributed by atoms with Crippen LogP contribution < -0.4 is 0 Å². The summed E-state index contributed by atoms with van der Waals surface area (Å²) in [5.41, 5.74) is 5.47. The predicted molar refractivity (Wildman–Crippen MR) is 87.3 cm³/mol. The van der Waals surface area contributed by atoms with E-state index in [0.29, 0.717) is 11.3 Å². The van der Waals surface area contributed by atoms with Crippen LogP contribution in [0.3, 0.4) is 0 Å². The lowest BCUT2D eigenvalue weighted by molar-refractivity contribution is 0.0236. The van der Waals surface area contributed by atoms with Crippen LogP contribution in [0.25, 0.3) is 0 Å². The minimum atomic E-state index is -0.416. The summed E-state index contributed by atoms with van der Waals surface area (Å²) >= 11 is 0. The molecule has 0 amide bonds. The van der Waals surface area contributed by atoms with Gasteiger partial charge in [0.15, 0.2) is 0 Å². The summed E-state index contributed by atoms with van der Waals surface area (Å²) in [7, 11) is 0. The topological polar surface area (TPSA) is 62.6 Å². The van der Waals surface area contributed by atoms with Gasteiger partial charge in [-0.05, 0) is 56.4 Å². The Morgan fingerprint density at radius 1 is 1.26 bits per heavy atom. The van der Waals surface area contributed by atoms with Crippen molar-refractivity contribution in [3.63, 3.8) is 0 Å². The average molecular weight is 317 g/mol. The Morgan fingerprint density at radius 3 is 2.61 bits per heavy atom. The molecule has 1 saturated carbocycles. The maximum atomic E-state index is 10.7. The minimum absolute atomic E-state index is 0.0106. The van der Waals surface area contributed by atoms with Crippen molar-refractivity contribution in [2.24, 2.45) is 5.41 Å². The number of aliphatic hydroxyl groups is 2. The molecule has 3 aliphatic rings. The zero-order valence-corrected chi connectivity index (χ0v) is 14.0. The normalized spacial score (nSPS) is 26.8. The van der Waals surface area contributed by atoms with Crippen LogP contribution in [-0.4, -0.2) is 28.4 Å². The quantitative estimate of drug-likeness (QED) is 0.880. The van der Waals surface area contributed by atoms with E-state index < -0.39 is 6.10 Å². The van der Waals surface area contributed by atoms with Gasteiger partial charge in [0.2, 0.25) is 0 Å². The molecule has 4 nitrogen and oxygen atoms in total. The standard InChI is InChI=1S/C19H27NO3/c1-12-14(11-21)18(13-3-7-23-8-4-13)20-15-9-19(5-2-6-19)10-16(22)17(12)15/h13,16,21-22H,2-11H2,1H3/t16-/m0/s1. The zero-order valence-electron chi connectivity index (χ0n) is 14.0. The van der Waals surface area contributed by atoms with E-state index >= 15 is 0 Å². The lowest BCUT2D eigenvalue weighted by Gasteiger charge is -2.47. The van der Waals surface area contributed by atoms with Crippen molar-refractivity contribution in [3.8, 4) is 0 Å². The van der Waals surface area contributed by atoms with Gasteiger partial charge in [-0.2, -0.15) is 0 Å². The highest BCUT2D eigenvalue weighted by Gasteiger charge is 2.44. The van der Waals surface area contributed by atoms with Gasteiger partial charge in [0.25, 0.3) is 0 Å². The molecule has 2 aliphatic carbocycles. The SMILES string of the molecule is Cc1c(CO)c(C2CCOCC2)nc2c1[C@@H](O)CC1(CCC1)C2. The third-order valence-corrected chi connectivity index (χ3v) is 6.41. The second kappa shape index (κ2) is 5.83. The van der Waals surface area contributed by atoms with Crippen molar-refractivity contribution in [1.29, 1.82) is 0 Å². The van der Waals surface area contributed by atoms with E-state index in [2.05, 4.69) is 6.92 Å². The molecule has 0 bridgehead atoms. The monoisotopic (exact) mass is 317 g/mol. The molecule has 0 radical (unpaired) electrons. The first-order valence-corrected chi connectivity index (χ1v) is 9.02. The van der Waals surface area contributed by atoms with Crippen LogP contribution in [0.4, 0.5) is 0 Å². The highest BCUT2D eigenvalue weighted by atomic mass is 16.5. The molecular weight excluding hydrogens is 290 g/mol. The van der Waals surface area contributed by atoms with E-state index in [-0.39, 0.29) is 6.61 Å². The number of hydrogen-bond acceptors (Lipinski definition) is 4. The molecule has 126 valence electrons. The Bertz CT molecular complexity index is 603. The molecule has 1 saturated heterocycles. The van der Waals surface area contributed by atoms with Crippen molar-refractivity contribution >= 4 is 0 Å². The number of aromatic nitrogens is 1. The van der Waals surface area contributed by atoms with E-state index in [4.69, 9.17) is 9.72 Å². The van der Waals surface area contributed by atoms with E-state index in [1.165, 1.54) is 19.3 Å². The maximum Gasteiger partial charge on any atom is 0.0815 e. The van der Waals surface area contributed by atoms with Crippen molar-refractivity contribution in [2.75, 3.05) is 13.2 Å². The van der Waals surface area contributed by atoms with Gasteiger partial charge >= 0.3 is 0 Å². The number of fused-ring (bicyclic) bond motifs is 1. The summed E-state index contributed by atoms with van der Waals surface area (Å²) in [5, 5.41) is 20.6. The van der Waals surface area contributed by atoms with E-state index in [1.54, 1.807) is 0 Å². The van der Waals surface area contributed by atoms with Gasteiger partial charge in [0.05, 0.1) is 12.7 Å². The number of pyridine rings is 1. The first-order chi connectivity index (χ1) is 11.1. The van der Waals surface area contributed by atoms with Crippen LogP contribution >= 0.6 is 0 Å². The highest BCUT2D eigenvalue weighted by molar-refractivity contribution is 5.44. The molecule has 1 aromatic rings. The van der Waals surface area contributed by atoms with Crippen molar-refractivity contribution in [2.45, 2.75) is 70.5 Å². The summed E-state index contributed by atoms with van der Waals surface area (Å²) in [5.74, 6) is 0.381. The molecule has 2 N–H and O–H groups in total. The number of nitrogens with zero attached hydrogens (tertiary/aromatic N) is 1. The van der Waals surface area contributed by atoms with E-state index in [9.17, 15) is 10.2 Å². The summed E-state index contributed by atoms with van der Waals surface area (Å²) in [6.07, 6.45) is 7.13. The van der Waals surface area contributed by atoms with Gasteiger partial charge in [0, 0.05) is 41.6 Å². The van der Waals surface area contributed by atoms with Gasteiger partial charge in [-0.15, -0.1) is 0 Å². The predicted octanol–water partition coefficient (Wildman–Crippen LogP) is 2.93. The fourth-order valence-electron chi connectivity index (χ4n) is 4.93. The largest absolute Gasteiger partial charge is 0.392 e. The third kappa shape index (κ3) is 2.51. The lowest BCUT2D eigenvalue weighted by atomic mass is 9.59.